The zero-order valence-corrected chi connectivity index (χ0v) is 21.8. The van der Waals surface area contributed by atoms with Gasteiger partial charge < -0.3 is 19.8 Å². The first-order valence-corrected chi connectivity index (χ1v) is 12.6. The van der Waals surface area contributed by atoms with Gasteiger partial charge in [-0.25, -0.2) is 19.5 Å². The van der Waals surface area contributed by atoms with Crippen LogP contribution in [0.2, 0.25) is 0 Å². The van der Waals surface area contributed by atoms with Crippen molar-refractivity contribution in [1.29, 1.82) is 5.26 Å². The summed E-state index contributed by atoms with van der Waals surface area (Å²) in [5.41, 5.74) is 1.86. The quantitative estimate of drug-likeness (QED) is 0.382. The van der Waals surface area contributed by atoms with Gasteiger partial charge in [-0.1, -0.05) is 0 Å². The molecule has 5 rings (SSSR count). The first-order chi connectivity index (χ1) is 18.1. The minimum atomic E-state index is -0.992. The van der Waals surface area contributed by atoms with Crippen molar-refractivity contribution >= 4 is 11.3 Å². The van der Waals surface area contributed by atoms with Gasteiger partial charge in [0.05, 0.1) is 34.7 Å². The molecule has 0 aliphatic carbocycles. The number of nitrogens with zero attached hydrogens (tertiary/aromatic N) is 7. The van der Waals surface area contributed by atoms with Crippen molar-refractivity contribution in [3.05, 3.63) is 66.1 Å². The van der Waals surface area contributed by atoms with Crippen molar-refractivity contribution in [2.45, 2.75) is 51.2 Å². The number of pyridine rings is 2. The molecule has 0 bridgehead atoms. The third-order valence-electron chi connectivity index (χ3n) is 6.70. The molecule has 1 aliphatic heterocycles. The summed E-state index contributed by atoms with van der Waals surface area (Å²) in [6, 6.07) is 7.96. The van der Waals surface area contributed by atoms with Crippen LogP contribution in [0.5, 0.6) is 5.75 Å². The van der Waals surface area contributed by atoms with Gasteiger partial charge in [0, 0.05) is 49.2 Å². The van der Waals surface area contributed by atoms with Crippen LogP contribution in [0.1, 0.15) is 43.6 Å². The minimum absolute atomic E-state index is 0.110. The van der Waals surface area contributed by atoms with Crippen molar-refractivity contribution in [1.82, 2.24) is 24.6 Å². The molecule has 0 atom stereocenters. The third kappa shape index (κ3) is 5.59. The minimum Gasteiger partial charge on any atom is -0.489 e. The van der Waals surface area contributed by atoms with Gasteiger partial charge in [-0.2, -0.15) is 10.4 Å². The summed E-state index contributed by atoms with van der Waals surface area (Å²) in [5, 5.41) is 35.1. The molecule has 10 nitrogen and oxygen atoms in total. The van der Waals surface area contributed by atoms with E-state index >= 15 is 0 Å². The molecule has 10 heteroatoms. The van der Waals surface area contributed by atoms with Crippen molar-refractivity contribution in [2.24, 2.45) is 0 Å². The summed E-state index contributed by atoms with van der Waals surface area (Å²) in [6.45, 7) is 6.74. The number of aryl methyl sites for hydroxylation is 1. The highest BCUT2D eigenvalue weighted by molar-refractivity contribution is 5.85. The Morgan fingerprint density at radius 1 is 1.11 bits per heavy atom. The van der Waals surface area contributed by atoms with E-state index in [0.717, 1.165) is 22.5 Å². The molecule has 1 saturated heterocycles. The highest BCUT2D eigenvalue weighted by atomic mass is 16.5. The molecule has 0 aromatic carbocycles. The summed E-state index contributed by atoms with van der Waals surface area (Å²) >= 11 is 0. The van der Waals surface area contributed by atoms with Crippen LogP contribution in [0.3, 0.4) is 0 Å². The maximum absolute atomic E-state index is 11.1. The SMILES string of the molecule is Cc1cnc(CC2(O)CCN(c3ccc(-c4cc(OCC(C)(C)O)cn5ncc(C#N)c45)cn3)CC2)nc1. The molecule has 196 valence electrons. The van der Waals surface area contributed by atoms with E-state index in [9.17, 15) is 15.5 Å². The summed E-state index contributed by atoms with van der Waals surface area (Å²) in [4.78, 5) is 15.6. The van der Waals surface area contributed by atoms with Gasteiger partial charge in [-0.15, -0.1) is 0 Å². The maximum atomic E-state index is 11.1. The number of hydrogen-bond acceptors (Lipinski definition) is 9. The second-order valence-electron chi connectivity index (χ2n) is 10.6. The average molecular weight is 514 g/mol. The second-order valence-corrected chi connectivity index (χ2v) is 10.6. The lowest BCUT2D eigenvalue weighted by atomic mass is 9.88. The zero-order valence-electron chi connectivity index (χ0n) is 21.8. The summed E-state index contributed by atoms with van der Waals surface area (Å²) in [7, 11) is 0. The van der Waals surface area contributed by atoms with Gasteiger partial charge in [0.25, 0.3) is 0 Å². The average Bonchev–Trinajstić information content (AvgIpc) is 3.32. The molecule has 0 unspecified atom stereocenters. The lowest BCUT2D eigenvalue weighted by Crippen LogP contribution is -2.46. The Bertz CT molecular complexity index is 1460. The highest BCUT2D eigenvalue weighted by Gasteiger charge is 2.33. The van der Waals surface area contributed by atoms with E-state index in [-0.39, 0.29) is 6.61 Å². The fourth-order valence-corrected chi connectivity index (χ4v) is 4.60. The maximum Gasteiger partial charge on any atom is 0.138 e. The summed E-state index contributed by atoms with van der Waals surface area (Å²) in [5.74, 6) is 2.01. The van der Waals surface area contributed by atoms with E-state index in [2.05, 4.69) is 26.0 Å². The number of rotatable bonds is 7. The fraction of sp³-hybridized carbons (Fsp3) is 0.393. The van der Waals surface area contributed by atoms with Crippen LogP contribution in [0.25, 0.3) is 16.6 Å². The molecule has 1 aliphatic rings. The molecule has 4 aromatic rings. The Morgan fingerprint density at radius 3 is 2.47 bits per heavy atom. The van der Waals surface area contributed by atoms with Crippen LogP contribution in [0.4, 0.5) is 5.82 Å². The topological polar surface area (TPSA) is 133 Å². The van der Waals surface area contributed by atoms with E-state index in [0.29, 0.717) is 55.0 Å². The number of nitriles is 1. The smallest absolute Gasteiger partial charge is 0.138 e. The van der Waals surface area contributed by atoms with Crippen LogP contribution >= 0.6 is 0 Å². The molecular weight excluding hydrogens is 482 g/mol. The van der Waals surface area contributed by atoms with Crippen LogP contribution in [0, 0.1) is 18.3 Å². The molecule has 38 heavy (non-hydrogen) atoms. The molecular formula is C28H31N7O3. The number of anilines is 1. The van der Waals surface area contributed by atoms with E-state index in [1.807, 2.05) is 25.1 Å². The Kier molecular flexibility index (Phi) is 6.73. The van der Waals surface area contributed by atoms with Gasteiger partial charge >= 0.3 is 0 Å². The van der Waals surface area contributed by atoms with E-state index in [1.54, 1.807) is 43.2 Å². The van der Waals surface area contributed by atoms with Gasteiger partial charge in [-0.05, 0) is 57.4 Å². The van der Waals surface area contributed by atoms with Crippen molar-refractivity contribution in [3.8, 4) is 22.9 Å². The number of fused-ring (bicyclic) bond motifs is 1. The Labute approximate surface area is 221 Å². The first kappa shape index (κ1) is 25.6. The first-order valence-electron chi connectivity index (χ1n) is 12.6. The van der Waals surface area contributed by atoms with Crippen molar-refractivity contribution in [3.63, 3.8) is 0 Å². The van der Waals surface area contributed by atoms with E-state index in [1.165, 1.54) is 6.20 Å². The molecule has 4 aromatic heterocycles. The Morgan fingerprint density at radius 2 is 1.84 bits per heavy atom. The lowest BCUT2D eigenvalue weighted by Gasteiger charge is -2.38. The van der Waals surface area contributed by atoms with Crippen LogP contribution < -0.4 is 9.64 Å². The molecule has 0 amide bonds. The second kappa shape index (κ2) is 10.0. The zero-order chi connectivity index (χ0) is 26.9. The number of ether oxygens (including phenoxy) is 1. The molecule has 0 spiro atoms. The monoisotopic (exact) mass is 513 g/mol. The highest BCUT2D eigenvalue weighted by Crippen LogP contribution is 2.33. The molecule has 2 N–H and O–H groups in total. The third-order valence-corrected chi connectivity index (χ3v) is 6.70. The molecule has 1 fully saturated rings. The number of aliphatic hydroxyl groups is 2. The van der Waals surface area contributed by atoms with Crippen LogP contribution in [-0.4, -0.2) is 65.7 Å². The van der Waals surface area contributed by atoms with E-state index < -0.39 is 11.2 Å². The number of aromatic nitrogens is 5. The predicted octanol–water partition coefficient (Wildman–Crippen LogP) is 3.09. The summed E-state index contributed by atoms with van der Waals surface area (Å²) < 4.78 is 7.43. The van der Waals surface area contributed by atoms with Crippen molar-refractivity contribution in [2.75, 3.05) is 24.6 Å². The van der Waals surface area contributed by atoms with Gasteiger partial charge in [0.1, 0.15) is 30.1 Å². The standard InChI is InChI=1S/C28H31N7O3/c1-19-13-30-24(31-14-19)11-28(37)6-8-34(9-7-28)25-5-4-20(15-32-25)23-10-22(38-18-27(2,3)36)17-35-26(23)21(12-29)16-33-35/h4-5,10,13-17,36-37H,6-9,11,18H2,1-3H3. The van der Waals surface area contributed by atoms with E-state index in [4.69, 9.17) is 9.72 Å². The Hall–Kier alpha value is -4.07. The van der Waals surface area contributed by atoms with Crippen LogP contribution in [-0.2, 0) is 6.42 Å². The number of hydrogen-bond donors (Lipinski definition) is 2. The summed E-state index contributed by atoms with van der Waals surface area (Å²) in [6.07, 6.45) is 10.2. The molecule has 0 radical (unpaired) electrons. The van der Waals surface area contributed by atoms with Crippen molar-refractivity contribution < 1.29 is 14.9 Å². The molecule has 0 saturated carbocycles. The number of piperidine rings is 1. The fourth-order valence-electron chi connectivity index (χ4n) is 4.60. The normalized spacial score (nSPS) is 15.4. The van der Waals surface area contributed by atoms with Crippen LogP contribution in [0.15, 0.2) is 49.2 Å². The van der Waals surface area contributed by atoms with Gasteiger partial charge in [0.2, 0.25) is 0 Å². The molecule has 5 heterocycles. The van der Waals surface area contributed by atoms with Gasteiger partial charge in [0.15, 0.2) is 0 Å². The lowest BCUT2D eigenvalue weighted by molar-refractivity contribution is 0.0146. The predicted molar refractivity (Wildman–Crippen MR) is 142 cm³/mol. The van der Waals surface area contributed by atoms with Gasteiger partial charge in [-0.3, -0.25) is 0 Å². The largest absolute Gasteiger partial charge is 0.489 e. The Balaban J connectivity index is 1.34.